The summed E-state index contributed by atoms with van der Waals surface area (Å²) < 4.78 is 27.8. The zero-order valence-electron chi connectivity index (χ0n) is 11.7. The highest BCUT2D eigenvalue weighted by Crippen LogP contribution is 2.22. The van der Waals surface area contributed by atoms with Gasteiger partial charge in [-0.2, -0.15) is 0 Å². The first-order valence-corrected chi connectivity index (χ1v) is 7.89. The first-order chi connectivity index (χ1) is 9.38. The highest BCUT2D eigenvalue weighted by Gasteiger charge is 2.14. The van der Waals surface area contributed by atoms with Gasteiger partial charge < -0.3 is 10.1 Å². The van der Waals surface area contributed by atoms with Gasteiger partial charge in [-0.15, -0.1) is 0 Å². The van der Waals surface area contributed by atoms with Crippen LogP contribution in [0, 0.1) is 0 Å². The summed E-state index contributed by atoms with van der Waals surface area (Å²) >= 11 is 0. The molecule has 0 saturated carbocycles. The minimum atomic E-state index is -3.79. The Bertz CT molecular complexity index is 570. The summed E-state index contributed by atoms with van der Waals surface area (Å²) in [4.78, 5) is 11.7. The van der Waals surface area contributed by atoms with Crippen molar-refractivity contribution in [3.63, 3.8) is 0 Å². The first kappa shape index (κ1) is 16.5. The van der Waals surface area contributed by atoms with Crippen LogP contribution < -0.4 is 15.2 Å². The molecule has 0 aliphatic rings. The number of methoxy groups -OCH3 is 1. The third-order valence-corrected chi connectivity index (χ3v) is 3.69. The molecule has 20 heavy (non-hydrogen) atoms. The van der Waals surface area contributed by atoms with Gasteiger partial charge in [0.25, 0.3) is 0 Å². The van der Waals surface area contributed by atoms with E-state index in [1.54, 1.807) is 0 Å². The van der Waals surface area contributed by atoms with E-state index in [9.17, 15) is 13.2 Å². The van der Waals surface area contributed by atoms with E-state index >= 15 is 0 Å². The minimum Gasteiger partial charge on any atom is -0.496 e. The van der Waals surface area contributed by atoms with Gasteiger partial charge in [0.05, 0.1) is 18.4 Å². The molecule has 1 aromatic rings. The smallest absolute Gasteiger partial charge is 0.238 e. The summed E-state index contributed by atoms with van der Waals surface area (Å²) in [5, 5.41) is 7.84. The summed E-state index contributed by atoms with van der Waals surface area (Å²) in [5.74, 6) is 0.284. The summed E-state index contributed by atoms with van der Waals surface area (Å²) in [7, 11) is -2.33. The maximum atomic E-state index is 11.8. The normalized spacial score (nSPS) is 11.2. The van der Waals surface area contributed by atoms with Crippen LogP contribution in [0.15, 0.2) is 23.1 Å². The van der Waals surface area contributed by atoms with Gasteiger partial charge in [-0.3, -0.25) is 4.79 Å². The topological polar surface area (TPSA) is 98.5 Å². The number of ether oxygens (including phenoxy) is 1. The number of sulfonamides is 1. The van der Waals surface area contributed by atoms with E-state index in [0.717, 1.165) is 12.8 Å². The zero-order valence-corrected chi connectivity index (χ0v) is 12.5. The van der Waals surface area contributed by atoms with Crippen molar-refractivity contribution in [2.75, 3.05) is 13.7 Å². The monoisotopic (exact) mass is 300 g/mol. The molecule has 0 bridgehead atoms. The molecule has 112 valence electrons. The summed E-state index contributed by atoms with van der Waals surface area (Å²) in [6.07, 6.45) is 1.95. The van der Waals surface area contributed by atoms with Gasteiger partial charge >= 0.3 is 0 Å². The molecule has 6 nitrogen and oxygen atoms in total. The van der Waals surface area contributed by atoms with Crippen LogP contribution in [0.5, 0.6) is 5.75 Å². The fourth-order valence-corrected chi connectivity index (χ4v) is 2.27. The Morgan fingerprint density at radius 2 is 2.10 bits per heavy atom. The Balaban J connectivity index is 2.89. The minimum absolute atomic E-state index is 0.0327. The van der Waals surface area contributed by atoms with Crippen molar-refractivity contribution in [1.82, 2.24) is 5.32 Å². The molecule has 1 rings (SSSR count). The average Bonchev–Trinajstić information content (AvgIpc) is 2.38. The number of primary sulfonamides is 1. The van der Waals surface area contributed by atoms with Crippen molar-refractivity contribution in [2.45, 2.75) is 31.1 Å². The Labute approximate surface area is 119 Å². The third kappa shape index (κ3) is 4.82. The molecule has 7 heteroatoms. The fourth-order valence-electron chi connectivity index (χ4n) is 1.71. The highest BCUT2D eigenvalue weighted by atomic mass is 32.2. The maximum absolute atomic E-state index is 11.8. The van der Waals surface area contributed by atoms with E-state index in [4.69, 9.17) is 9.88 Å². The van der Waals surface area contributed by atoms with Crippen molar-refractivity contribution < 1.29 is 17.9 Å². The Morgan fingerprint density at radius 3 is 2.65 bits per heavy atom. The average molecular weight is 300 g/mol. The number of nitrogens with two attached hydrogens (primary N) is 1. The number of nitrogens with one attached hydrogen (secondary N) is 1. The number of unbranched alkanes of at least 4 members (excludes halogenated alkanes) is 1. The summed E-state index contributed by atoms with van der Waals surface area (Å²) in [6.45, 7) is 2.64. The number of rotatable bonds is 7. The van der Waals surface area contributed by atoms with Crippen LogP contribution in [-0.2, 0) is 21.2 Å². The Hall–Kier alpha value is -1.60. The number of benzene rings is 1. The molecule has 0 fully saturated rings. The molecule has 0 aliphatic heterocycles. The lowest BCUT2D eigenvalue weighted by Gasteiger charge is -2.10. The molecule has 0 saturated heterocycles. The van der Waals surface area contributed by atoms with E-state index in [1.807, 2.05) is 6.92 Å². The molecule has 0 spiro atoms. The predicted molar refractivity (Wildman–Crippen MR) is 76.0 cm³/mol. The molecule has 1 aromatic carbocycles. The Kier molecular flexibility index (Phi) is 5.97. The molecule has 1 amide bonds. The van der Waals surface area contributed by atoms with Gasteiger partial charge in [-0.1, -0.05) is 13.3 Å². The number of amides is 1. The molecular weight excluding hydrogens is 280 g/mol. The van der Waals surface area contributed by atoms with Gasteiger partial charge in [0.2, 0.25) is 15.9 Å². The van der Waals surface area contributed by atoms with E-state index in [2.05, 4.69) is 5.32 Å². The van der Waals surface area contributed by atoms with E-state index in [0.29, 0.717) is 17.9 Å². The van der Waals surface area contributed by atoms with Gasteiger partial charge in [-0.05, 0) is 24.6 Å². The van der Waals surface area contributed by atoms with Crippen LogP contribution in [0.25, 0.3) is 0 Å². The van der Waals surface area contributed by atoms with Crippen LogP contribution >= 0.6 is 0 Å². The molecule has 3 N–H and O–H groups in total. The van der Waals surface area contributed by atoms with Crippen molar-refractivity contribution in [1.29, 1.82) is 0 Å². The van der Waals surface area contributed by atoms with E-state index < -0.39 is 10.0 Å². The summed E-state index contributed by atoms with van der Waals surface area (Å²) in [6, 6.07) is 4.22. The quantitative estimate of drug-likeness (QED) is 0.728. The lowest BCUT2D eigenvalue weighted by molar-refractivity contribution is -0.120. The van der Waals surface area contributed by atoms with Gasteiger partial charge in [-0.25, -0.2) is 13.6 Å². The van der Waals surface area contributed by atoms with Crippen molar-refractivity contribution in [2.24, 2.45) is 5.14 Å². The highest BCUT2D eigenvalue weighted by molar-refractivity contribution is 7.89. The zero-order chi connectivity index (χ0) is 15.2. The van der Waals surface area contributed by atoms with Crippen LogP contribution in [0.4, 0.5) is 0 Å². The lowest BCUT2D eigenvalue weighted by Crippen LogP contribution is -2.26. The molecule has 0 unspecified atom stereocenters. The van der Waals surface area contributed by atoms with E-state index in [-0.39, 0.29) is 17.2 Å². The van der Waals surface area contributed by atoms with E-state index in [1.165, 1.54) is 25.3 Å². The molecule has 0 radical (unpaired) electrons. The third-order valence-electron chi connectivity index (χ3n) is 2.78. The largest absolute Gasteiger partial charge is 0.496 e. The second kappa shape index (κ2) is 7.25. The number of hydrogen-bond donors (Lipinski definition) is 2. The van der Waals surface area contributed by atoms with Crippen LogP contribution in [-0.4, -0.2) is 28.0 Å². The van der Waals surface area contributed by atoms with Gasteiger partial charge in [0, 0.05) is 12.1 Å². The second-order valence-electron chi connectivity index (χ2n) is 4.40. The van der Waals surface area contributed by atoms with Gasteiger partial charge in [0.1, 0.15) is 5.75 Å². The Morgan fingerprint density at radius 1 is 1.40 bits per heavy atom. The van der Waals surface area contributed by atoms with Crippen LogP contribution in [0.1, 0.15) is 25.3 Å². The number of carbonyl (C=O) groups excluding carboxylic acids is 1. The number of hydrogen-bond acceptors (Lipinski definition) is 4. The molecule has 0 heterocycles. The number of carbonyl (C=O) groups is 1. The SMILES string of the molecule is CCCCNC(=O)Cc1cc(S(N)(=O)=O)ccc1OC. The first-order valence-electron chi connectivity index (χ1n) is 6.35. The van der Waals surface area contributed by atoms with Crippen molar-refractivity contribution in [3.8, 4) is 5.75 Å². The second-order valence-corrected chi connectivity index (χ2v) is 5.96. The predicted octanol–water partition coefficient (Wildman–Crippen LogP) is 0.801. The lowest BCUT2D eigenvalue weighted by atomic mass is 10.1. The summed E-state index contributed by atoms with van der Waals surface area (Å²) in [5.41, 5.74) is 0.494. The van der Waals surface area contributed by atoms with Crippen LogP contribution in [0.3, 0.4) is 0 Å². The van der Waals surface area contributed by atoms with Crippen LogP contribution in [0.2, 0.25) is 0 Å². The molecule has 0 aliphatic carbocycles. The van der Waals surface area contributed by atoms with Crippen molar-refractivity contribution in [3.05, 3.63) is 23.8 Å². The standard InChI is InChI=1S/C13H20N2O4S/c1-3-4-7-15-13(16)9-10-8-11(20(14,17)18)5-6-12(10)19-2/h5-6,8H,3-4,7,9H2,1-2H3,(H,15,16)(H2,14,17,18). The maximum Gasteiger partial charge on any atom is 0.238 e. The molecular formula is C13H20N2O4S. The van der Waals surface area contributed by atoms with Crippen molar-refractivity contribution >= 4 is 15.9 Å². The van der Waals surface area contributed by atoms with Gasteiger partial charge in [0.15, 0.2) is 0 Å². The molecule has 0 aromatic heterocycles. The molecule has 0 atom stereocenters. The fraction of sp³-hybridized carbons (Fsp3) is 0.462.